The Balaban J connectivity index is 1.72. The Morgan fingerprint density at radius 2 is 1.52 bits per heavy atom. The number of benzene rings is 2. The minimum atomic E-state index is -0.798. The van der Waals surface area contributed by atoms with E-state index in [1.54, 1.807) is 12.4 Å². The van der Waals surface area contributed by atoms with Crippen molar-refractivity contribution in [3.8, 4) is 11.1 Å². The van der Waals surface area contributed by atoms with Crippen molar-refractivity contribution in [2.24, 2.45) is 11.3 Å². The zero-order chi connectivity index (χ0) is 32.5. The molecule has 0 spiro atoms. The molecule has 0 aliphatic carbocycles. The average Bonchev–Trinajstić information content (AvgIpc) is 2.94. The van der Waals surface area contributed by atoms with Gasteiger partial charge in [-0.15, -0.1) is 0 Å². The third kappa shape index (κ3) is 10.6. The van der Waals surface area contributed by atoms with Crippen LogP contribution in [-0.2, 0) is 25.5 Å². The second kappa shape index (κ2) is 15.1. The molecule has 0 saturated heterocycles. The van der Waals surface area contributed by atoms with Crippen molar-refractivity contribution < 1.29 is 19.1 Å². The van der Waals surface area contributed by atoms with Crippen LogP contribution in [0.2, 0.25) is 0 Å². The van der Waals surface area contributed by atoms with Gasteiger partial charge in [0.05, 0.1) is 12.5 Å². The van der Waals surface area contributed by atoms with Crippen LogP contribution in [0.1, 0.15) is 90.5 Å². The monoisotopic (exact) mass is 599 g/mol. The van der Waals surface area contributed by atoms with Crippen molar-refractivity contribution in [2.75, 3.05) is 0 Å². The summed E-state index contributed by atoms with van der Waals surface area (Å²) in [6.45, 7) is 15.2. The first kappa shape index (κ1) is 34.5. The van der Waals surface area contributed by atoms with E-state index in [-0.39, 0.29) is 24.3 Å². The van der Waals surface area contributed by atoms with E-state index in [9.17, 15) is 14.4 Å². The molecule has 2 aromatic carbocycles. The van der Waals surface area contributed by atoms with E-state index >= 15 is 0 Å². The van der Waals surface area contributed by atoms with Crippen LogP contribution in [0.25, 0.3) is 11.1 Å². The predicted octanol–water partition coefficient (Wildman–Crippen LogP) is 7.14. The van der Waals surface area contributed by atoms with Crippen LogP contribution in [0, 0.1) is 18.3 Å². The Labute approximate surface area is 263 Å². The number of pyridine rings is 1. The summed E-state index contributed by atoms with van der Waals surface area (Å²) >= 11 is 0. The van der Waals surface area contributed by atoms with Gasteiger partial charge in [-0.1, -0.05) is 69.3 Å². The maximum atomic E-state index is 13.8. The Morgan fingerprint density at radius 3 is 2.11 bits per heavy atom. The minimum absolute atomic E-state index is 0.0546. The quantitative estimate of drug-likeness (QED) is 0.216. The van der Waals surface area contributed by atoms with E-state index in [2.05, 4.69) is 52.9 Å². The number of nitrogens with one attached hydrogen (secondary N) is 2. The molecule has 3 aromatic rings. The Bertz CT molecular complexity index is 1390. The predicted molar refractivity (Wildman–Crippen MR) is 176 cm³/mol. The zero-order valence-corrected chi connectivity index (χ0v) is 27.6. The van der Waals surface area contributed by atoms with E-state index in [1.807, 2.05) is 78.8 Å². The molecule has 0 aliphatic heterocycles. The second-order valence-corrected chi connectivity index (χ2v) is 13.7. The third-order valence-corrected chi connectivity index (χ3v) is 7.58. The number of nitrogens with zero attached hydrogens (tertiary/aromatic N) is 1. The molecule has 7 nitrogen and oxygen atoms in total. The first-order valence-electron chi connectivity index (χ1n) is 15.5. The fourth-order valence-corrected chi connectivity index (χ4v) is 5.25. The molecule has 0 bridgehead atoms. The molecule has 0 radical (unpaired) electrons. The molecule has 1 heterocycles. The fourth-order valence-electron chi connectivity index (χ4n) is 5.25. The maximum absolute atomic E-state index is 13.8. The fraction of sp³-hybridized carbons (Fsp3) is 0.459. The lowest BCUT2D eigenvalue weighted by Gasteiger charge is -2.33. The standard InChI is InChI=1S/C37H49N3O4/c1-25-23-27(17-18-31(25)29-14-10-9-11-15-29)13-12-16-30(24-32(41)44-37(6,7)8)34(42)40-33(36(3,4)5)35(43)39-26(2)28-19-21-38-22-20-28/h9-11,14-15,17-23,26,30,33H,12-13,16,24H2,1-8H3,(H,39,43)(H,40,42). The van der Waals surface area contributed by atoms with Crippen molar-refractivity contribution in [3.05, 3.63) is 89.7 Å². The number of amides is 2. The number of esters is 1. The van der Waals surface area contributed by atoms with Crippen molar-refractivity contribution in [1.82, 2.24) is 15.6 Å². The SMILES string of the molecule is Cc1cc(CCCC(CC(=O)OC(C)(C)C)C(=O)NC(C(=O)NC(C)c2ccncc2)C(C)(C)C)ccc1-c1ccccc1. The largest absolute Gasteiger partial charge is 0.460 e. The van der Waals surface area contributed by atoms with Gasteiger partial charge in [-0.3, -0.25) is 19.4 Å². The van der Waals surface area contributed by atoms with E-state index in [4.69, 9.17) is 4.74 Å². The lowest BCUT2D eigenvalue weighted by atomic mass is 9.85. The molecular formula is C37H49N3O4. The molecule has 2 N–H and O–H groups in total. The van der Waals surface area contributed by atoms with Gasteiger partial charge < -0.3 is 15.4 Å². The van der Waals surface area contributed by atoms with Crippen LogP contribution in [0.5, 0.6) is 0 Å². The summed E-state index contributed by atoms with van der Waals surface area (Å²) in [5.41, 5.74) is 4.44. The summed E-state index contributed by atoms with van der Waals surface area (Å²) < 4.78 is 5.57. The molecule has 1 aromatic heterocycles. The molecule has 3 unspecified atom stereocenters. The van der Waals surface area contributed by atoms with Crippen LogP contribution in [0.15, 0.2) is 73.1 Å². The number of hydrogen-bond donors (Lipinski definition) is 2. The molecule has 0 aliphatic rings. The second-order valence-electron chi connectivity index (χ2n) is 13.7. The van der Waals surface area contributed by atoms with Gasteiger partial charge in [0.2, 0.25) is 11.8 Å². The molecule has 7 heteroatoms. The highest BCUT2D eigenvalue weighted by molar-refractivity contribution is 5.90. The number of carbonyl (C=O) groups excluding carboxylic acids is 3. The summed E-state index contributed by atoms with van der Waals surface area (Å²) in [4.78, 5) is 44.1. The molecule has 3 rings (SSSR count). The van der Waals surface area contributed by atoms with Gasteiger partial charge in [-0.2, -0.15) is 0 Å². The zero-order valence-electron chi connectivity index (χ0n) is 27.6. The molecule has 3 atom stereocenters. The van der Waals surface area contributed by atoms with Crippen LogP contribution < -0.4 is 10.6 Å². The van der Waals surface area contributed by atoms with E-state index in [1.165, 1.54) is 22.3 Å². The normalized spacial score (nSPS) is 13.8. The lowest BCUT2D eigenvalue weighted by molar-refractivity contribution is -0.157. The summed E-state index contributed by atoms with van der Waals surface area (Å²) in [6, 6.07) is 19.4. The Hall–Kier alpha value is -4.00. The number of aromatic nitrogens is 1. The molecular weight excluding hydrogens is 550 g/mol. The Morgan fingerprint density at radius 1 is 0.864 bits per heavy atom. The van der Waals surface area contributed by atoms with Crippen LogP contribution in [0.3, 0.4) is 0 Å². The first-order valence-corrected chi connectivity index (χ1v) is 15.5. The van der Waals surface area contributed by atoms with E-state index in [0.717, 1.165) is 12.0 Å². The summed E-state index contributed by atoms with van der Waals surface area (Å²) in [5.74, 6) is -1.66. The van der Waals surface area contributed by atoms with Crippen LogP contribution in [-0.4, -0.2) is 34.4 Å². The van der Waals surface area contributed by atoms with Crippen LogP contribution >= 0.6 is 0 Å². The van der Waals surface area contributed by atoms with Gasteiger partial charge in [0.25, 0.3) is 0 Å². The Kier molecular flexibility index (Phi) is 11.9. The average molecular weight is 600 g/mol. The van der Waals surface area contributed by atoms with Gasteiger partial charge in [0.15, 0.2) is 0 Å². The highest BCUT2D eigenvalue weighted by Gasteiger charge is 2.36. The van der Waals surface area contributed by atoms with Crippen molar-refractivity contribution in [1.29, 1.82) is 0 Å². The number of hydrogen-bond acceptors (Lipinski definition) is 5. The van der Waals surface area contributed by atoms with Crippen molar-refractivity contribution >= 4 is 17.8 Å². The molecule has 236 valence electrons. The first-order chi connectivity index (χ1) is 20.6. The summed E-state index contributed by atoms with van der Waals surface area (Å²) in [7, 11) is 0. The van der Waals surface area contributed by atoms with Gasteiger partial charge in [-0.25, -0.2) is 0 Å². The molecule has 44 heavy (non-hydrogen) atoms. The summed E-state index contributed by atoms with van der Waals surface area (Å²) in [6.07, 6.45) is 5.26. The van der Waals surface area contributed by atoms with Gasteiger partial charge >= 0.3 is 5.97 Å². The number of carbonyl (C=O) groups is 3. The number of aryl methyl sites for hydroxylation is 2. The highest BCUT2D eigenvalue weighted by atomic mass is 16.6. The van der Waals surface area contributed by atoms with E-state index < -0.39 is 28.9 Å². The molecule has 2 amide bonds. The van der Waals surface area contributed by atoms with Crippen molar-refractivity contribution in [3.63, 3.8) is 0 Å². The van der Waals surface area contributed by atoms with Crippen LogP contribution in [0.4, 0.5) is 0 Å². The smallest absolute Gasteiger partial charge is 0.307 e. The van der Waals surface area contributed by atoms with Crippen molar-refractivity contribution in [2.45, 2.75) is 98.8 Å². The van der Waals surface area contributed by atoms with Gasteiger partial charge in [0.1, 0.15) is 11.6 Å². The third-order valence-electron chi connectivity index (χ3n) is 7.58. The van der Waals surface area contributed by atoms with E-state index in [0.29, 0.717) is 12.8 Å². The van der Waals surface area contributed by atoms with Gasteiger partial charge in [-0.05, 0) is 99.2 Å². The topological polar surface area (TPSA) is 97.4 Å². The highest BCUT2D eigenvalue weighted by Crippen LogP contribution is 2.26. The molecule has 0 fully saturated rings. The summed E-state index contributed by atoms with van der Waals surface area (Å²) in [5, 5.41) is 6.03. The molecule has 0 saturated carbocycles. The minimum Gasteiger partial charge on any atom is -0.460 e. The number of rotatable bonds is 12. The maximum Gasteiger partial charge on any atom is 0.307 e. The lowest BCUT2D eigenvalue weighted by Crippen LogP contribution is -2.55. The van der Waals surface area contributed by atoms with Gasteiger partial charge in [0, 0.05) is 18.3 Å². The number of ether oxygens (including phenoxy) is 1.